The fourth-order valence-corrected chi connectivity index (χ4v) is 1.47. The number of para-hydroxylation sites is 1. The lowest BCUT2D eigenvalue weighted by molar-refractivity contribution is -0.141. The minimum atomic E-state index is -0.494. The highest BCUT2D eigenvalue weighted by Gasteiger charge is 2.09. The summed E-state index contributed by atoms with van der Waals surface area (Å²) in [5.74, 6) is -0.817. The van der Waals surface area contributed by atoms with Gasteiger partial charge in [0, 0.05) is 0 Å². The van der Waals surface area contributed by atoms with Crippen LogP contribution < -0.4 is 5.32 Å². The van der Waals surface area contributed by atoms with E-state index in [0.29, 0.717) is 0 Å². The summed E-state index contributed by atoms with van der Waals surface area (Å²) in [7, 11) is 1.26. The fraction of sp³-hybridized carbons (Fsp3) is 0.273. The maximum atomic E-state index is 11.6. The number of methoxy groups -OCH3 is 1. The smallest absolute Gasteiger partial charge is 0.325 e. The SMILES string of the molecule is COC(=O)CNC(=O)Cn1nnc2ccccc21. The van der Waals surface area contributed by atoms with Crippen molar-refractivity contribution in [3.63, 3.8) is 0 Å². The Balaban J connectivity index is 2.01. The Kier molecular flexibility index (Phi) is 3.52. The monoisotopic (exact) mass is 248 g/mol. The Morgan fingerprint density at radius 1 is 1.39 bits per heavy atom. The summed E-state index contributed by atoms with van der Waals surface area (Å²) in [5, 5.41) is 10.2. The second-order valence-corrected chi connectivity index (χ2v) is 3.59. The van der Waals surface area contributed by atoms with Crippen molar-refractivity contribution in [1.29, 1.82) is 0 Å². The molecule has 0 saturated carbocycles. The predicted molar refractivity (Wildman–Crippen MR) is 62.6 cm³/mol. The van der Waals surface area contributed by atoms with Gasteiger partial charge in [-0.3, -0.25) is 9.59 Å². The number of rotatable bonds is 4. The van der Waals surface area contributed by atoms with Gasteiger partial charge in [0.15, 0.2) is 0 Å². The molecule has 7 heteroatoms. The third kappa shape index (κ3) is 2.62. The van der Waals surface area contributed by atoms with Crippen molar-refractivity contribution in [1.82, 2.24) is 20.3 Å². The van der Waals surface area contributed by atoms with Crippen LogP contribution in [0.4, 0.5) is 0 Å². The van der Waals surface area contributed by atoms with Gasteiger partial charge in [-0.15, -0.1) is 5.10 Å². The van der Waals surface area contributed by atoms with Gasteiger partial charge in [0.1, 0.15) is 18.6 Å². The first-order chi connectivity index (χ1) is 8.70. The van der Waals surface area contributed by atoms with E-state index in [1.165, 1.54) is 11.8 Å². The van der Waals surface area contributed by atoms with Gasteiger partial charge in [0.05, 0.1) is 12.6 Å². The molecule has 1 aromatic heterocycles. The number of aromatic nitrogens is 3. The van der Waals surface area contributed by atoms with Gasteiger partial charge in [-0.25, -0.2) is 4.68 Å². The molecule has 0 aliphatic rings. The molecule has 0 aliphatic heterocycles. The number of nitrogens with one attached hydrogen (secondary N) is 1. The number of benzene rings is 1. The fourth-order valence-electron chi connectivity index (χ4n) is 1.47. The van der Waals surface area contributed by atoms with Crippen LogP contribution in [-0.2, 0) is 20.9 Å². The standard InChI is InChI=1S/C11H12N4O3/c1-18-11(17)6-12-10(16)7-15-9-5-3-2-4-8(9)13-14-15/h2-5H,6-7H2,1H3,(H,12,16). The van der Waals surface area contributed by atoms with E-state index in [4.69, 9.17) is 0 Å². The number of carbonyl (C=O) groups excluding carboxylic acids is 2. The summed E-state index contributed by atoms with van der Waals surface area (Å²) in [5.41, 5.74) is 1.49. The number of nitrogens with zero attached hydrogens (tertiary/aromatic N) is 3. The molecule has 1 heterocycles. The lowest BCUT2D eigenvalue weighted by atomic mass is 10.3. The van der Waals surface area contributed by atoms with Crippen LogP contribution in [-0.4, -0.2) is 40.5 Å². The highest BCUT2D eigenvalue weighted by molar-refractivity contribution is 5.83. The number of carbonyl (C=O) groups is 2. The second kappa shape index (κ2) is 5.26. The molecule has 0 atom stereocenters. The number of hydrogen-bond donors (Lipinski definition) is 1. The Morgan fingerprint density at radius 3 is 2.94 bits per heavy atom. The zero-order valence-corrected chi connectivity index (χ0v) is 9.79. The third-order valence-corrected chi connectivity index (χ3v) is 2.37. The predicted octanol–water partition coefficient (Wildman–Crippen LogP) is -0.279. The van der Waals surface area contributed by atoms with Crippen LogP contribution >= 0.6 is 0 Å². The molecule has 0 radical (unpaired) electrons. The minimum absolute atomic E-state index is 0.0114. The average Bonchev–Trinajstić information content (AvgIpc) is 2.79. The van der Waals surface area contributed by atoms with E-state index in [2.05, 4.69) is 20.4 Å². The van der Waals surface area contributed by atoms with E-state index in [0.717, 1.165) is 11.0 Å². The molecule has 94 valence electrons. The Labute approximate surface area is 103 Å². The van der Waals surface area contributed by atoms with Crippen LogP contribution in [0.2, 0.25) is 0 Å². The first-order valence-corrected chi connectivity index (χ1v) is 5.32. The molecule has 7 nitrogen and oxygen atoms in total. The van der Waals surface area contributed by atoms with E-state index in [1.54, 1.807) is 0 Å². The van der Waals surface area contributed by atoms with E-state index in [1.807, 2.05) is 24.3 Å². The molecule has 2 rings (SSSR count). The summed E-state index contributed by atoms with van der Waals surface area (Å²) in [6.07, 6.45) is 0. The number of esters is 1. The molecule has 0 unspecified atom stereocenters. The van der Waals surface area contributed by atoms with Gasteiger partial charge >= 0.3 is 5.97 Å². The minimum Gasteiger partial charge on any atom is -0.468 e. The molecule has 0 bridgehead atoms. The molecule has 2 aromatic rings. The average molecular weight is 248 g/mol. The molecule has 1 amide bonds. The van der Waals surface area contributed by atoms with Crippen LogP contribution in [0.15, 0.2) is 24.3 Å². The Morgan fingerprint density at radius 2 is 2.17 bits per heavy atom. The number of hydrogen-bond acceptors (Lipinski definition) is 5. The molecule has 0 aliphatic carbocycles. The lowest BCUT2D eigenvalue weighted by Gasteiger charge is -2.04. The summed E-state index contributed by atoms with van der Waals surface area (Å²) in [6, 6.07) is 7.32. The van der Waals surface area contributed by atoms with Gasteiger partial charge in [-0.05, 0) is 12.1 Å². The summed E-state index contributed by atoms with van der Waals surface area (Å²) in [6.45, 7) is -0.139. The lowest BCUT2D eigenvalue weighted by Crippen LogP contribution is -2.33. The first kappa shape index (κ1) is 12.0. The molecule has 1 N–H and O–H groups in total. The number of ether oxygens (including phenoxy) is 1. The summed E-state index contributed by atoms with van der Waals surface area (Å²) < 4.78 is 5.89. The van der Waals surface area contributed by atoms with E-state index in [9.17, 15) is 9.59 Å². The van der Waals surface area contributed by atoms with Crippen LogP contribution in [0, 0.1) is 0 Å². The quantitative estimate of drug-likeness (QED) is 0.752. The van der Waals surface area contributed by atoms with Crippen molar-refractivity contribution < 1.29 is 14.3 Å². The van der Waals surface area contributed by atoms with Gasteiger partial charge in [-0.1, -0.05) is 17.3 Å². The molecular formula is C11H12N4O3. The van der Waals surface area contributed by atoms with Crippen molar-refractivity contribution in [2.45, 2.75) is 6.54 Å². The largest absolute Gasteiger partial charge is 0.468 e. The third-order valence-electron chi connectivity index (χ3n) is 2.37. The van der Waals surface area contributed by atoms with E-state index < -0.39 is 5.97 Å². The summed E-state index contributed by atoms with van der Waals surface area (Å²) >= 11 is 0. The van der Waals surface area contributed by atoms with Crippen molar-refractivity contribution >= 4 is 22.9 Å². The second-order valence-electron chi connectivity index (χ2n) is 3.59. The van der Waals surface area contributed by atoms with Crippen molar-refractivity contribution in [3.05, 3.63) is 24.3 Å². The van der Waals surface area contributed by atoms with Crippen LogP contribution in [0.25, 0.3) is 11.0 Å². The number of amides is 1. The summed E-state index contributed by atoms with van der Waals surface area (Å²) in [4.78, 5) is 22.4. The van der Waals surface area contributed by atoms with E-state index >= 15 is 0 Å². The first-order valence-electron chi connectivity index (χ1n) is 5.32. The highest BCUT2D eigenvalue weighted by atomic mass is 16.5. The molecular weight excluding hydrogens is 236 g/mol. The molecule has 1 aromatic carbocycles. The molecule has 18 heavy (non-hydrogen) atoms. The molecule has 0 fully saturated rings. The van der Waals surface area contributed by atoms with Crippen LogP contribution in [0.5, 0.6) is 0 Å². The van der Waals surface area contributed by atoms with Gasteiger partial charge in [0.2, 0.25) is 5.91 Å². The van der Waals surface area contributed by atoms with Crippen LogP contribution in [0.3, 0.4) is 0 Å². The Hall–Kier alpha value is -2.44. The topological polar surface area (TPSA) is 86.1 Å². The van der Waals surface area contributed by atoms with Crippen molar-refractivity contribution in [2.24, 2.45) is 0 Å². The van der Waals surface area contributed by atoms with Gasteiger partial charge in [-0.2, -0.15) is 0 Å². The zero-order valence-electron chi connectivity index (χ0n) is 9.79. The number of fused-ring (bicyclic) bond motifs is 1. The maximum absolute atomic E-state index is 11.6. The van der Waals surface area contributed by atoms with Gasteiger partial charge < -0.3 is 10.1 Å². The molecule has 0 spiro atoms. The highest BCUT2D eigenvalue weighted by Crippen LogP contribution is 2.08. The van der Waals surface area contributed by atoms with Crippen LogP contribution in [0.1, 0.15) is 0 Å². The molecule has 0 saturated heterocycles. The Bertz CT molecular complexity index is 578. The van der Waals surface area contributed by atoms with Crippen molar-refractivity contribution in [2.75, 3.05) is 13.7 Å². The van der Waals surface area contributed by atoms with E-state index in [-0.39, 0.29) is 19.0 Å². The van der Waals surface area contributed by atoms with Crippen molar-refractivity contribution in [3.8, 4) is 0 Å². The maximum Gasteiger partial charge on any atom is 0.325 e. The van der Waals surface area contributed by atoms with Gasteiger partial charge in [0.25, 0.3) is 0 Å². The normalized spacial score (nSPS) is 10.3. The zero-order chi connectivity index (χ0) is 13.0.